The van der Waals surface area contributed by atoms with E-state index >= 15 is 0 Å². The van der Waals surface area contributed by atoms with Gasteiger partial charge in [0, 0.05) is 37.1 Å². The van der Waals surface area contributed by atoms with E-state index in [0.717, 1.165) is 36.6 Å². The molecule has 0 aliphatic heterocycles. The van der Waals surface area contributed by atoms with Gasteiger partial charge in [0.05, 0.1) is 36.8 Å². The summed E-state index contributed by atoms with van der Waals surface area (Å²) in [7, 11) is 3.74. The van der Waals surface area contributed by atoms with E-state index in [2.05, 4.69) is 22.1 Å². The maximum atomic E-state index is 5.87. The average Bonchev–Trinajstić information content (AvgIpc) is 3.22. The molecule has 0 bridgehead atoms. The Hall–Kier alpha value is -2.31. The zero-order chi connectivity index (χ0) is 16.9. The van der Waals surface area contributed by atoms with E-state index in [1.54, 1.807) is 13.3 Å². The molecule has 0 spiro atoms. The Bertz CT molecular complexity index is 798. The lowest BCUT2D eigenvalue weighted by Gasteiger charge is -2.15. The second-order valence-corrected chi connectivity index (χ2v) is 6.09. The van der Waals surface area contributed by atoms with Gasteiger partial charge in [0.1, 0.15) is 5.75 Å². The second-order valence-electron chi connectivity index (χ2n) is 5.65. The molecule has 0 fully saturated rings. The Morgan fingerprint density at radius 2 is 2.08 bits per heavy atom. The van der Waals surface area contributed by atoms with Gasteiger partial charge in [-0.25, -0.2) is 4.68 Å². The highest BCUT2D eigenvalue weighted by atomic mass is 35.5. The molecule has 24 heavy (non-hydrogen) atoms. The molecule has 0 aliphatic rings. The number of aromatic nitrogens is 4. The van der Waals surface area contributed by atoms with Crippen LogP contribution in [0.25, 0.3) is 5.69 Å². The first kappa shape index (κ1) is 16.5. The van der Waals surface area contributed by atoms with Gasteiger partial charge in [0.15, 0.2) is 0 Å². The Morgan fingerprint density at radius 3 is 2.83 bits per heavy atom. The molecular formula is C17H20ClN5O. The molecule has 1 aromatic carbocycles. The topological polar surface area (TPSA) is 48.1 Å². The largest absolute Gasteiger partial charge is 0.497 e. The number of hydrogen-bond acceptors (Lipinski definition) is 4. The van der Waals surface area contributed by atoms with Gasteiger partial charge in [-0.2, -0.15) is 10.2 Å². The summed E-state index contributed by atoms with van der Waals surface area (Å²) in [6, 6.07) is 7.84. The van der Waals surface area contributed by atoms with Crippen LogP contribution in [0, 0.1) is 0 Å². The van der Waals surface area contributed by atoms with Gasteiger partial charge in [-0.15, -0.1) is 0 Å². The SMILES string of the molecule is COc1cccc(-n2cc(CN(C)CCn3cc(Cl)cn3)cn2)c1. The standard InChI is InChI=1S/C17H20ClN5O/c1-21(6-7-22-13-15(18)10-19-22)11-14-9-20-23(12-14)16-4-3-5-17(8-16)24-2/h3-5,8-10,12-13H,6-7,11H2,1-2H3. The van der Waals surface area contributed by atoms with Crippen LogP contribution < -0.4 is 4.74 Å². The summed E-state index contributed by atoms with van der Waals surface area (Å²) < 4.78 is 8.96. The van der Waals surface area contributed by atoms with Crippen LogP contribution in [0.1, 0.15) is 5.56 Å². The van der Waals surface area contributed by atoms with Gasteiger partial charge in [-0.1, -0.05) is 17.7 Å². The summed E-state index contributed by atoms with van der Waals surface area (Å²) in [5.74, 6) is 0.819. The summed E-state index contributed by atoms with van der Waals surface area (Å²) >= 11 is 5.87. The van der Waals surface area contributed by atoms with Crippen LogP contribution in [0.5, 0.6) is 5.75 Å². The van der Waals surface area contributed by atoms with Crippen molar-refractivity contribution in [3.05, 3.63) is 59.6 Å². The fraction of sp³-hybridized carbons (Fsp3) is 0.294. The third-order valence-corrected chi connectivity index (χ3v) is 3.91. The van der Waals surface area contributed by atoms with Crippen molar-refractivity contribution in [3.63, 3.8) is 0 Å². The van der Waals surface area contributed by atoms with Gasteiger partial charge < -0.3 is 9.64 Å². The Balaban J connectivity index is 1.58. The first-order valence-corrected chi connectivity index (χ1v) is 8.06. The Labute approximate surface area is 146 Å². The van der Waals surface area contributed by atoms with Crippen LogP contribution in [0.3, 0.4) is 0 Å². The number of nitrogens with zero attached hydrogens (tertiary/aromatic N) is 5. The summed E-state index contributed by atoms with van der Waals surface area (Å²) in [4.78, 5) is 2.22. The van der Waals surface area contributed by atoms with Crippen LogP contribution in [0.4, 0.5) is 0 Å². The summed E-state index contributed by atoms with van der Waals surface area (Å²) in [6.07, 6.45) is 7.41. The van der Waals surface area contributed by atoms with Crippen molar-refractivity contribution < 1.29 is 4.74 Å². The molecule has 2 heterocycles. The molecular weight excluding hydrogens is 326 g/mol. The van der Waals surface area contributed by atoms with E-state index in [9.17, 15) is 0 Å². The quantitative estimate of drug-likeness (QED) is 0.660. The van der Waals surface area contributed by atoms with E-state index in [-0.39, 0.29) is 0 Å². The number of rotatable bonds is 7. The number of benzene rings is 1. The maximum absolute atomic E-state index is 5.87. The van der Waals surface area contributed by atoms with E-state index in [1.807, 2.05) is 52.2 Å². The molecule has 0 amide bonds. The Kier molecular flexibility index (Phi) is 5.17. The lowest BCUT2D eigenvalue weighted by atomic mass is 10.3. The van der Waals surface area contributed by atoms with E-state index in [0.29, 0.717) is 5.02 Å². The number of halogens is 1. The van der Waals surface area contributed by atoms with Crippen LogP contribution in [-0.4, -0.2) is 45.2 Å². The Morgan fingerprint density at radius 1 is 1.21 bits per heavy atom. The van der Waals surface area contributed by atoms with Gasteiger partial charge in [-0.05, 0) is 19.2 Å². The van der Waals surface area contributed by atoms with Crippen molar-refractivity contribution in [1.82, 2.24) is 24.5 Å². The van der Waals surface area contributed by atoms with Gasteiger partial charge in [0.2, 0.25) is 0 Å². The predicted molar refractivity (Wildman–Crippen MR) is 93.7 cm³/mol. The van der Waals surface area contributed by atoms with Crippen molar-refractivity contribution in [3.8, 4) is 11.4 Å². The van der Waals surface area contributed by atoms with Gasteiger partial charge >= 0.3 is 0 Å². The molecule has 0 saturated carbocycles. The van der Waals surface area contributed by atoms with E-state index in [4.69, 9.17) is 16.3 Å². The fourth-order valence-electron chi connectivity index (χ4n) is 2.46. The second kappa shape index (κ2) is 7.51. The number of likely N-dealkylation sites (N-methyl/N-ethyl adjacent to an activating group) is 1. The molecule has 0 unspecified atom stereocenters. The minimum atomic E-state index is 0.664. The van der Waals surface area contributed by atoms with Crippen molar-refractivity contribution in [2.45, 2.75) is 13.1 Å². The lowest BCUT2D eigenvalue weighted by Crippen LogP contribution is -2.22. The molecule has 3 rings (SSSR count). The van der Waals surface area contributed by atoms with Gasteiger partial charge in [-0.3, -0.25) is 4.68 Å². The number of hydrogen-bond donors (Lipinski definition) is 0. The first-order chi connectivity index (χ1) is 11.6. The van der Waals surface area contributed by atoms with Crippen LogP contribution in [-0.2, 0) is 13.1 Å². The molecule has 0 aliphatic carbocycles. The fourth-order valence-corrected chi connectivity index (χ4v) is 2.62. The highest BCUT2D eigenvalue weighted by molar-refractivity contribution is 6.30. The molecule has 7 heteroatoms. The van der Waals surface area contributed by atoms with Crippen LogP contribution in [0.2, 0.25) is 5.02 Å². The monoisotopic (exact) mass is 345 g/mol. The van der Waals surface area contributed by atoms with E-state index < -0.39 is 0 Å². The minimum Gasteiger partial charge on any atom is -0.497 e. The van der Waals surface area contributed by atoms with Crippen molar-refractivity contribution in [2.75, 3.05) is 20.7 Å². The lowest BCUT2D eigenvalue weighted by molar-refractivity contribution is 0.305. The van der Waals surface area contributed by atoms with Crippen molar-refractivity contribution in [1.29, 1.82) is 0 Å². The molecule has 0 saturated heterocycles. The van der Waals surface area contributed by atoms with E-state index in [1.165, 1.54) is 0 Å². The summed E-state index contributed by atoms with van der Waals surface area (Å²) in [6.45, 7) is 2.49. The molecule has 126 valence electrons. The molecule has 0 radical (unpaired) electrons. The summed E-state index contributed by atoms with van der Waals surface area (Å²) in [5, 5.41) is 9.28. The zero-order valence-corrected chi connectivity index (χ0v) is 14.5. The van der Waals surface area contributed by atoms with Crippen molar-refractivity contribution in [2.24, 2.45) is 0 Å². The zero-order valence-electron chi connectivity index (χ0n) is 13.8. The smallest absolute Gasteiger partial charge is 0.121 e. The predicted octanol–water partition coefficient (Wildman–Crippen LogP) is 2.86. The molecule has 6 nitrogen and oxygen atoms in total. The van der Waals surface area contributed by atoms with Gasteiger partial charge in [0.25, 0.3) is 0 Å². The highest BCUT2D eigenvalue weighted by Gasteiger charge is 2.06. The van der Waals surface area contributed by atoms with Crippen LogP contribution in [0.15, 0.2) is 49.1 Å². The third-order valence-electron chi connectivity index (χ3n) is 3.72. The number of methoxy groups -OCH3 is 1. The van der Waals surface area contributed by atoms with Crippen LogP contribution >= 0.6 is 11.6 Å². The molecule has 2 aromatic heterocycles. The normalized spacial score (nSPS) is 11.2. The molecule has 3 aromatic rings. The van der Waals surface area contributed by atoms with Crippen molar-refractivity contribution >= 4 is 11.6 Å². The average molecular weight is 346 g/mol. The number of ether oxygens (including phenoxy) is 1. The third kappa shape index (κ3) is 4.15. The minimum absolute atomic E-state index is 0.664. The summed E-state index contributed by atoms with van der Waals surface area (Å²) in [5.41, 5.74) is 2.13. The highest BCUT2D eigenvalue weighted by Crippen LogP contribution is 2.16. The molecule has 0 atom stereocenters. The first-order valence-electron chi connectivity index (χ1n) is 7.68. The molecule has 0 N–H and O–H groups in total. The maximum Gasteiger partial charge on any atom is 0.121 e.